The van der Waals surface area contributed by atoms with Gasteiger partial charge in [0, 0.05) is 7.11 Å². The fraction of sp³-hybridized carbons (Fsp3) is 0.625. The van der Waals surface area contributed by atoms with Gasteiger partial charge in [0.05, 0.1) is 11.5 Å². The molecule has 1 aromatic heterocycles. The van der Waals surface area contributed by atoms with Crippen LogP contribution in [0.5, 0.6) is 5.88 Å². The molecule has 0 bridgehead atoms. The summed E-state index contributed by atoms with van der Waals surface area (Å²) >= 11 is 0. The van der Waals surface area contributed by atoms with Crippen LogP contribution in [0.3, 0.4) is 0 Å². The number of hydrogen-bond donors (Lipinski definition) is 0. The Hall–Kier alpha value is -1.77. The number of nitro groups is 1. The number of hydrogen-bond acceptors (Lipinski definition) is 5. The third kappa shape index (κ3) is 3.94. The molecule has 0 unspecified atom stereocenters. The van der Waals surface area contributed by atoms with Crippen LogP contribution >= 0.6 is 0 Å². The smallest absolute Gasteiger partial charge is 0.350 e. The highest BCUT2D eigenvalue weighted by Crippen LogP contribution is 2.24. The van der Waals surface area contributed by atoms with Gasteiger partial charge >= 0.3 is 11.6 Å². The summed E-state index contributed by atoms with van der Waals surface area (Å²) in [6.45, 7) is -0.434. The van der Waals surface area contributed by atoms with Crippen LogP contribution in [0.4, 0.5) is 14.5 Å². The van der Waals surface area contributed by atoms with Crippen LogP contribution in [0.2, 0.25) is 0 Å². The number of ether oxygens (including phenoxy) is 2. The molecule has 0 aliphatic carbocycles. The zero-order chi connectivity index (χ0) is 12.8. The normalized spacial score (nSPS) is 10.8. The van der Waals surface area contributed by atoms with E-state index in [1.165, 1.54) is 7.11 Å². The Kier molecular flexibility index (Phi) is 4.76. The number of methoxy groups -OCH3 is 1. The Labute approximate surface area is 95.1 Å². The molecule has 1 heterocycles. The van der Waals surface area contributed by atoms with E-state index in [0.29, 0.717) is 0 Å². The average Bonchev–Trinajstić information content (AvgIpc) is 2.60. The lowest BCUT2D eigenvalue weighted by Gasteiger charge is -2.01. The molecular weight excluding hydrogens is 240 g/mol. The maximum absolute atomic E-state index is 12.1. The Morgan fingerprint density at radius 3 is 2.82 bits per heavy atom. The Bertz CT molecular complexity index is 383. The van der Waals surface area contributed by atoms with E-state index in [0.717, 1.165) is 10.9 Å². The third-order valence-corrected chi connectivity index (χ3v) is 1.76. The molecule has 0 N–H and O–H groups in total. The lowest BCUT2D eigenvalue weighted by atomic mass is 10.5. The van der Waals surface area contributed by atoms with E-state index in [9.17, 15) is 18.9 Å². The molecule has 0 saturated carbocycles. The van der Waals surface area contributed by atoms with Crippen LogP contribution in [-0.4, -0.2) is 41.5 Å². The SMILES string of the molecule is COCCOc1nn(CC(F)F)cc1[N+](=O)[O-]. The van der Waals surface area contributed by atoms with E-state index in [2.05, 4.69) is 9.84 Å². The highest BCUT2D eigenvalue weighted by molar-refractivity contribution is 5.38. The molecule has 0 radical (unpaired) electrons. The van der Waals surface area contributed by atoms with Crippen molar-refractivity contribution in [3.63, 3.8) is 0 Å². The fourth-order valence-corrected chi connectivity index (χ4v) is 1.08. The average molecular weight is 251 g/mol. The highest BCUT2D eigenvalue weighted by Gasteiger charge is 2.22. The summed E-state index contributed by atoms with van der Waals surface area (Å²) in [4.78, 5) is 9.87. The van der Waals surface area contributed by atoms with Gasteiger partial charge in [0.2, 0.25) is 0 Å². The first kappa shape index (κ1) is 13.3. The second-order valence-corrected chi connectivity index (χ2v) is 3.03. The summed E-state index contributed by atoms with van der Waals surface area (Å²) in [5.74, 6) is -0.285. The van der Waals surface area contributed by atoms with E-state index < -0.39 is 23.6 Å². The minimum atomic E-state index is -2.64. The van der Waals surface area contributed by atoms with Crippen molar-refractivity contribution in [2.24, 2.45) is 0 Å². The van der Waals surface area contributed by atoms with Crippen LogP contribution in [0.15, 0.2) is 6.20 Å². The predicted octanol–water partition coefficient (Wildman–Crippen LogP) is 1.08. The van der Waals surface area contributed by atoms with Crippen LogP contribution in [0.25, 0.3) is 0 Å². The number of halogens is 2. The standard InChI is InChI=1S/C8H11F2N3O4/c1-16-2-3-17-8-6(13(14)15)4-12(11-8)5-7(9)10/h4,7H,2-3,5H2,1H3. The first-order chi connectivity index (χ1) is 8.04. The molecule has 17 heavy (non-hydrogen) atoms. The van der Waals surface area contributed by atoms with Crippen molar-refractivity contribution in [1.29, 1.82) is 0 Å². The van der Waals surface area contributed by atoms with Gasteiger partial charge in [-0.05, 0) is 0 Å². The minimum Gasteiger partial charge on any atom is -0.469 e. The first-order valence-electron chi connectivity index (χ1n) is 4.66. The lowest BCUT2D eigenvalue weighted by Crippen LogP contribution is -2.08. The quantitative estimate of drug-likeness (QED) is 0.411. The van der Waals surface area contributed by atoms with Gasteiger partial charge in [-0.2, -0.15) is 0 Å². The predicted molar refractivity (Wildman–Crippen MR) is 52.3 cm³/mol. The van der Waals surface area contributed by atoms with Gasteiger partial charge in [-0.3, -0.25) is 14.8 Å². The van der Waals surface area contributed by atoms with Gasteiger partial charge in [0.15, 0.2) is 0 Å². The van der Waals surface area contributed by atoms with Gasteiger partial charge in [0.25, 0.3) is 6.43 Å². The van der Waals surface area contributed by atoms with E-state index in [1.54, 1.807) is 0 Å². The van der Waals surface area contributed by atoms with Crippen LogP contribution in [0.1, 0.15) is 0 Å². The molecule has 0 saturated heterocycles. The zero-order valence-corrected chi connectivity index (χ0v) is 9.01. The monoisotopic (exact) mass is 251 g/mol. The zero-order valence-electron chi connectivity index (χ0n) is 9.01. The molecular formula is C8H11F2N3O4. The summed E-state index contributed by atoms with van der Waals surface area (Å²) < 4.78 is 34.6. The van der Waals surface area contributed by atoms with E-state index in [1.807, 2.05) is 0 Å². The van der Waals surface area contributed by atoms with E-state index in [4.69, 9.17) is 4.74 Å². The maximum atomic E-state index is 12.1. The Balaban J connectivity index is 2.78. The molecule has 0 aliphatic heterocycles. The molecule has 1 aromatic rings. The van der Waals surface area contributed by atoms with Crippen molar-refractivity contribution in [3.8, 4) is 5.88 Å². The highest BCUT2D eigenvalue weighted by atomic mass is 19.3. The summed E-state index contributed by atoms with van der Waals surface area (Å²) in [6.07, 6.45) is -1.73. The molecule has 0 aliphatic rings. The topological polar surface area (TPSA) is 79.4 Å². The molecule has 0 atom stereocenters. The number of nitrogens with zero attached hydrogens (tertiary/aromatic N) is 3. The summed E-state index contributed by atoms with van der Waals surface area (Å²) in [5.41, 5.74) is -0.443. The number of rotatable bonds is 7. The summed E-state index contributed by atoms with van der Waals surface area (Å²) in [7, 11) is 1.44. The largest absolute Gasteiger partial charge is 0.469 e. The molecule has 0 aromatic carbocycles. The number of aromatic nitrogens is 2. The Morgan fingerprint density at radius 2 is 2.29 bits per heavy atom. The van der Waals surface area contributed by atoms with Gasteiger partial charge in [-0.25, -0.2) is 8.78 Å². The lowest BCUT2D eigenvalue weighted by molar-refractivity contribution is -0.386. The van der Waals surface area contributed by atoms with E-state index in [-0.39, 0.29) is 19.1 Å². The van der Waals surface area contributed by atoms with Gasteiger partial charge in [-0.15, -0.1) is 5.10 Å². The molecule has 0 spiro atoms. The summed E-state index contributed by atoms with van der Waals surface area (Å²) in [5, 5.41) is 14.2. The molecule has 9 heteroatoms. The summed E-state index contributed by atoms with van der Waals surface area (Å²) in [6, 6.07) is 0. The van der Waals surface area contributed by atoms with Crippen LogP contribution < -0.4 is 4.74 Å². The van der Waals surface area contributed by atoms with Crippen LogP contribution in [-0.2, 0) is 11.3 Å². The minimum absolute atomic E-state index is 0.0586. The van der Waals surface area contributed by atoms with Gasteiger partial charge < -0.3 is 9.47 Å². The van der Waals surface area contributed by atoms with Crippen LogP contribution in [0, 0.1) is 10.1 Å². The van der Waals surface area contributed by atoms with Crippen molar-refractivity contribution >= 4 is 5.69 Å². The van der Waals surface area contributed by atoms with E-state index >= 15 is 0 Å². The third-order valence-electron chi connectivity index (χ3n) is 1.76. The van der Waals surface area contributed by atoms with Crippen molar-refractivity contribution in [2.45, 2.75) is 13.0 Å². The fourth-order valence-electron chi connectivity index (χ4n) is 1.08. The van der Waals surface area contributed by atoms with Gasteiger partial charge in [0.1, 0.15) is 19.3 Å². The molecule has 96 valence electrons. The maximum Gasteiger partial charge on any atom is 0.350 e. The van der Waals surface area contributed by atoms with Crippen molar-refractivity contribution in [3.05, 3.63) is 16.3 Å². The second kappa shape index (κ2) is 6.09. The number of alkyl halides is 2. The second-order valence-electron chi connectivity index (χ2n) is 3.03. The Morgan fingerprint density at radius 1 is 1.59 bits per heavy atom. The molecule has 1 rings (SSSR count). The van der Waals surface area contributed by atoms with Crippen molar-refractivity contribution in [2.75, 3.05) is 20.3 Å². The molecule has 0 amide bonds. The molecule has 0 fully saturated rings. The van der Waals surface area contributed by atoms with Crippen molar-refractivity contribution in [1.82, 2.24) is 9.78 Å². The van der Waals surface area contributed by atoms with Gasteiger partial charge in [-0.1, -0.05) is 0 Å². The molecule has 7 nitrogen and oxygen atoms in total. The van der Waals surface area contributed by atoms with Crippen molar-refractivity contribution < 1.29 is 23.2 Å². The first-order valence-corrected chi connectivity index (χ1v) is 4.66.